The molecule has 0 saturated heterocycles. The highest BCUT2D eigenvalue weighted by Gasteiger charge is 2.07. The van der Waals surface area contributed by atoms with Gasteiger partial charge in [-0.05, 0) is 25.1 Å². The molecular formula is C15H19ClN4O2. The molecule has 0 amide bonds. The summed E-state index contributed by atoms with van der Waals surface area (Å²) < 4.78 is 10.3. The van der Waals surface area contributed by atoms with Crippen LogP contribution in [-0.4, -0.2) is 37.3 Å². The molecule has 0 radical (unpaired) electrons. The minimum atomic E-state index is 0.605. The molecule has 0 aliphatic rings. The maximum atomic E-state index is 6.03. The number of aryl methyl sites for hydroxylation is 1. The number of benzene rings is 1. The third-order valence-corrected chi connectivity index (χ3v) is 3.11. The number of hydrogen-bond acceptors (Lipinski definition) is 6. The summed E-state index contributed by atoms with van der Waals surface area (Å²) in [5.41, 5.74) is 0.746. The van der Waals surface area contributed by atoms with Gasteiger partial charge < -0.3 is 20.1 Å². The highest BCUT2D eigenvalue weighted by atomic mass is 35.5. The lowest BCUT2D eigenvalue weighted by atomic mass is 10.3. The Kier molecular flexibility index (Phi) is 5.80. The molecule has 0 aliphatic heterocycles. The molecule has 0 spiro atoms. The van der Waals surface area contributed by atoms with Crippen LogP contribution in [0.25, 0.3) is 0 Å². The Morgan fingerprint density at radius 2 is 1.91 bits per heavy atom. The van der Waals surface area contributed by atoms with Crippen LogP contribution in [-0.2, 0) is 4.74 Å². The smallest absolute Gasteiger partial charge is 0.142 e. The fourth-order valence-corrected chi connectivity index (χ4v) is 2.09. The molecule has 22 heavy (non-hydrogen) atoms. The second kappa shape index (κ2) is 7.82. The van der Waals surface area contributed by atoms with Crippen LogP contribution in [0.4, 0.5) is 17.3 Å². The first-order valence-electron chi connectivity index (χ1n) is 6.81. The number of ether oxygens (including phenoxy) is 2. The molecule has 1 heterocycles. The lowest BCUT2D eigenvalue weighted by Crippen LogP contribution is -2.10. The van der Waals surface area contributed by atoms with E-state index >= 15 is 0 Å². The van der Waals surface area contributed by atoms with Gasteiger partial charge in [-0.3, -0.25) is 0 Å². The summed E-state index contributed by atoms with van der Waals surface area (Å²) >= 11 is 6.03. The van der Waals surface area contributed by atoms with Crippen molar-refractivity contribution in [1.29, 1.82) is 0 Å². The highest BCUT2D eigenvalue weighted by Crippen LogP contribution is 2.30. The summed E-state index contributed by atoms with van der Waals surface area (Å²) in [6, 6.07) is 7.18. The van der Waals surface area contributed by atoms with Gasteiger partial charge >= 0.3 is 0 Å². The lowest BCUT2D eigenvalue weighted by Gasteiger charge is -2.13. The summed E-state index contributed by atoms with van der Waals surface area (Å²) in [4.78, 5) is 8.70. The summed E-state index contributed by atoms with van der Waals surface area (Å²) in [6.45, 7) is 3.11. The van der Waals surface area contributed by atoms with E-state index in [4.69, 9.17) is 21.1 Å². The quantitative estimate of drug-likeness (QED) is 0.763. The average molecular weight is 323 g/mol. The largest absolute Gasteiger partial charge is 0.495 e. The Morgan fingerprint density at radius 3 is 2.64 bits per heavy atom. The van der Waals surface area contributed by atoms with Gasteiger partial charge in [0.2, 0.25) is 0 Å². The lowest BCUT2D eigenvalue weighted by molar-refractivity contribution is 0.210. The molecule has 0 fully saturated rings. The van der Waals surface area contributed by atoms with Gasteiger partial charge in [0, 0.05) is 24.7 Å². The molecule has 2 aromatic rings. The Hall–Kier alpha value is -2.05. The molecule has 0 saturated carbocycles. The molecule has 1 aromatic carbocycles. The fraction of sp³-hybridized carbons (Fsp3) is 0.333. The first-order valence-corrected chi connectivity index (χ1v) is 7.19. The third-order valence-electron chi connectivity index (χ3n) is 2.87. The van der Waals surface area contributed by atoms with Crippen LogP contribution < -0.4 is 15.4 Å². The number of hydrogen-bond donors (Lipinski definition) is 2. The first-order chi connectivity index (χ1) is 10.6. The third kappa shape index (κ3) is 4.47. The molecule has 7 heteroatoms. The van der Waals surface area contributed by atoms with E-state index in [1.54, 1.807) is 32.4 Å². The van der Waals surface area contributed by atoms with E-state index in [1.165, 1.54) is 0 Å². The maximum absolute atomic E-state index is 6.03. The molecule has 1 aromatic heterocycles. The van der Waals surface area contributed by atoms with E-state index in [0.29, 0.717) is 35.6 Å². The van der Waals surface area contributed by atoms with Gasteiger partial charge in [0.25, 0.3) is 0 Å². The zero-order valence-corrected chi connectivity index (χ0v) is 13.6. The molecule has 118 valence electrons. The van der Waals surface area contributed by atoms with Crippen LogP contribution in [0.1, 0.15) is 5.82 Å². The van der Waals surface area contributed by atoms with Crippen molar-refractivity contribution in [2.75, 3.05) is 38.0 Å². The van der Waals surface area contributed by atoms with Crippen molar-refractivity contribution in [2.24, 2.45) is 0 Å². The topological polar surface area (TPSA) is 68.3 Å². The van der Waals surface area contributed by atoms with E-state index in [9.17, 15) is 0 Å². The standard InChI is InChI=1S/C15H19ClN4O2/c1-10-18-14(17-6-7-21-2)9-15(19-10)20-12-8-11(16)4-5-13(12)22-3/h4-5,8-9H,6-7H2,1-3H3,(H2,17,18,19,20). The number of methoxy groups -OCH3 is 2. The van der Waals surface area contributed by atoms with Crippen molar-refractivity contribution in [2.45, 2.75) is 6.92 Å². The van der Waals surface area contributed by atoms with Crippen LogP contribution in [0.3, 0.4) is 0 Å². The van der Waals surface area contributed by atoms with Crippen molar-refractivity contribution in [3.8, 4) is 5.75 Å². The molecule has 2 N–H and O–H groups in total. The van der Waals surface area contributed by atoms with Crippen molar-refractivity contribution in [1.82, 2.24) is 9.97 Å². The van der Waals surface area contributed by atoms with Gasteiger partial charge in [-0.25, -0.2) is 9.97 Å². The molecule has 6 nitrogen and oxygen atoms in total. The van der Waals surface area contributed by atoms with Crippen molar-refractivity contribution in [3.05, 3.63) is 35.1 Å². The van der Waals surface area contributed by atoms with Crippen molar-refractivity contribution >= 4 is 28.9 Å². The number of nitrogens with zero attached hydrogens (tertiary/aromatic N) is 2. The Bertz CT molecular complexity index is 637. The molecule has 0 aliphatic carbocycles. The molecular weight excluding hydrogens is 304 g/mol. The summed E-state index contributed by atoms with van der Waals surface area (Å²) in [5, 5.41) is 7.00. The van der Waals surface area contributed by atoms with Crippen LogP contribution in [0.2, 0.25) is 5.02 Å². The Labute approximate surface area is 134 Å². The summed E-state index contributed by atoms with van der Waals surface area (Å²) in [5.74, 6) is 2.74. The number of halogens is 1. The number of nitrogens with one attached hydrogen (secondary N) is 2. The van der Waals surface area contributed by atoms with Gasteiger partial charge in [-0.15, -0.1) is 0 Å². The predicted molar refractivity (Wildman–Crippen MR) is 88.4 cm³/mol. The van der Waals surface area contributed by atoms with Crippen LogP contribution in [0.5, 0.6) is 5.75 Å². The first kappa shape index (κ1) is 16.3. The Morgan fingerprint density at radius 1 is 1.14 bits per heavy atom. The summed E-state index contributed by atoms with van der Waals surface area (Å²) in [7, 11) is 3.27. The predicted octanol–water partition coefficient (Wildman–Crippen LogP) is 3.25. The van der Waals surface area contributed by atoms with Crippen LogP contribution >= 0.6 is 11.6 Å². The second-order valence-electron chi connectivity index (χ2n) is 4.57. The van der Waals surface area contributed by atoms with Gasteiger partial charge in [0.15, 0.2) is 0 Å². The van der Waals surface area contributed by atoms with E-state index in [-0.39, 0.29) is 0 Å². The number of rotatable bonds is 7. The highest BCUT2D eigenvalue weighted by molar-refractivity contribution is 6.31. The van der Waals surface area contributed by atoms with Crippen LogP contribution in [0, 0.1) is 6.92 Å². The monoisotopic (exact) mass is 322 g/mol. The SMILES string of the molecule is COCCNc1cc(Nc2cc(Cl)ccc2OC)nc(C)n1. The molecule has 0 bridgehead atoms. The maximum Gasteiger partial charge on any atom is 0.142 e. The van der Waals surface area contributed by atoms with Gasteiger partial charge in [0.1, 0.15) is 23.2 Å². The van der Waals surface area contributed by atoms with Crippen molar-refractivity contribution in [3.63, 3.8) is 0 Å². The van der Waals surface area contributed by atoms with E-state index < -0.39 is 0 Å². The summed E-state index contributed by atoms with van der Waals surface area (Å²) in [6.07, 6.45) is 0. The van der Waals surface area contributed by atoms with Crippen LogP contribution in [0.15, 0.2) is 24.3 Å². The normalized spacial score (nSPS) is 10.4. The molecule has 0 unspecified atom stereocenters. The van der Waals surface area contributed by atoms with E-state index in [2.05, 4.69) is 20.6 Å². The zero-order valence-electron chi connectivity index (χ0n) is 12.8. The number of anilines is 3. The van der Waals surface area contributed by atoms with Crippen molar-refractivity contribution < 1.29 is 9.47 Å². The van der Waals surface area contributed by atoms with Gasteiger partial charge in [-0.1, -0.05) is 11.6 Å². The van der Waals surface area contributed by atoms with E-state index in [1.807, 2.05) is 13.0 Å². The molecule has 0 atom stereocenters. The zero-order chi connectivity index (χ0) is 15.9. The fourth-order valence-electron chi connectivity index (χ4n) is 1.92. The minimum Gasteiger partial charge on any atom is -0.495 e. The van der Waals surface area contributed by atoms with E-state index in [0.717, 1.165) is 11.5 Å². The second-order valence-corrected chi connectivity index (χ2v) is 5.01. The van der Waals surface area contributed by atoms with Gasteiger partial charge in [-0.2, -0.15) is 0 Å². The molecule has 2 rings (SSSR count). The van der Waals surface area contributed by atoms with Gasteiger partial charge in [0.05, 0.1) is 19.4 Å². The number of aromatic nitrogens is 2. The Balaban J connectivity index is 2.20. The average Bonchev–Trinajstić information content (AvgIpc) is 2.47. The minimum absolute atomic E-state index is 0.605.